The molecule has 19 heavy (non-hydrogen) atoms. The molecular weight excluding hydrogens is 240 g/mol. The Balaban J connectivity index is 2.49. The summed E-state index contributed by atoms with van der Waals surface area (Å²) in [5.74, 6) is 0.147. The van der Waals surface area contributed by atoms with Gasteiger partial charge >= 0.3 is 6.03 Å². The van der Waals surface area contributed by atoms with E-state index in [-0.39, 0.29) is 24.6 Å². The van der Waals surface area contributed by atoms with E-state index in [2.05, 4.69) is 10.6 Å². The Bertz CT molecular complexity index is 368. The normalized spacial score (nSPS) is 13.6. The van der Waals surface area contributed by atoms with Crippen molar-refractivity contribution in [1.82, 2.24) is 10.6 Å². The van der Waals surface area contributed by atoms with Crippen molar-refractivity contribution in [3.8, 4) is 0 Å². The maximum Gasteiger partial charge on any atom is 0.315 e. The number of hydrogen-bond donors (Lipinski definition) is 3. The summed E-state index contributed by atoms with van der Waals surface area (Å²) in [6.45, 7) is 4.66. The minimum Gasteiger partial charge on any atom is -0.396 e. The van der Waals surface area contributed by atoms with Crippen LogP contribution in [0.3, 0.4) is 0 Å². The highest BCUT2D eigenvalue weighted by Crippen LogP contribution is 2.17. The van der Waals surface area contributed by atoms with Crippen LogP contribution in [0.2, 0.25) is 0 Å². The highest BCUT2D eigenvalue weighted by atomic mass is 16.3. The Morgan fingerprint density at radius 1 is 1.32 bits per heavy atom. The van der Waals surface area contributed by atoms with E-state index < -0.39 is 0 Å². The molecule has 0 aliphatic heterocycles. The third-order valence-electron chi connectivity index (χ3n) is 3.25. The van der Waals surface area contributed by atoms with E-state index >= 15 is 0 Å². The van der Waals surface area contributed by atoms with Crippen molar-refractivity contribution in [3.05, 3.63) is 35.9 Å². The number of aliphatic hydroxyl groups is 1. The topological polar surface area (TPSA) is 61.4 Å². The molecule has 2 amide bonds. The average molecular weight is 264 g/mol. The quantitative estimate of drug-likeness (QED) is 0.707. The Morgan fingerprint density at radius 3 is 2.58 bits per heavy atom. The van der Waals surface area contributed by atoms with E-state index in [1.807, 2.05) is 44.2 Å². The first kappa shape index (κ1) is 15.5. The van der Waals surface area contributed by atoms with Gasteiger partial charge < -0.3 is 15.7 Å². The van der Waals surface area contributed by atoms with Crippen LogP contribution in [-0.2, 0) is 0 Å². The van der Waals surface area contributed by atoms with Crippen molar-refractivity contribution in [3.63, 3.8) is 0 Å². The third kappa shape index (κ3) is 5.75. The minimum absolute atomic E-state index is 0.119. The van der Waals surface area contributed by atoms with Crippen LogP contribution in [0.5, 0.6) is 0 Å². The molecular formula is C15H24N2O2. The molecule has 1 aromatic carbocycles. The van der Waals surface area contributed by atoms with Crippen LogP contribution in [0.1, 0.15) is 38.2 Å². The van der Waals surface area contributed by atoms with Crippen LogP contribution in [0, 0.1) is 0 Å². The molecule has 4 heteroatoms. The largest absolute Gasteiger partial charge is 0.396 e. The summed E-state index contributed by atoms with van der Waals surface area (Å²) in [5.41, 5.74) is 1.14. The van der Waals surface area contributed by atoms with Crippen molar-refractivity contribution in [2.45, 2.75) is 38.6 Å². The van der Waals surface area contributed by atoms with Crippen LogP contribution in [0.25, 0.3) is 0 Å². The van der Waals surface area contributed by atoms with Crippen molar-refractivity contribution in [2.24, 2.45) is 0 Å². The maximum absolute atomic E-state index is 11.7. The first-order valence-corrected chi connectivity index (χ1v) is 6.87. The van der Waals surface area contributed by atoms with Gasteiger partial charge in [0.15, 0.2) is 0 Å². The van der Waals surface area contributed by atoms with Gasteiger partial charge in [-0.1, -0.05) is 37.3 Å². The number of carbonyl (C=O) groups is 1. The molecule has 3 N–H and O–H groups in total. The molecule has 106 valence electrons. The molecule has 1 rings (SSSR count). The van der Waals surface area contributed by atoms with Crippen LogP contribution in [0.15, 0.2) is 30.3 Å². The first-order valence-electron chi connectivity index (χ1n) is 6.87. The van der Waals surface area contributed by atoms with Gasteiger partial charge in [0.25, 0.3) is 0 Å². The monoisotopic (exact) mass is 264 g/mol. The van der Waals surface area contributed by atoms with Gasteiger partial charge in [-0.15, -0.1) is 0 Å². The fraction of sp³-hybridized carbons (Fsp3) is 0.533. The van der Waals surface area contributed by atoms with Crippen molar-refractivity contribution in [2.75, 3.05) is 13.2 Å². The maximum atomic E-state index is 11.7. The third-order valence-corrected chi connectivity index (χ3v) is 3.25. The summed E-state index contributed by atoms with van der Waals surface area (Å²) in [7, 11) is 0. The second-order valence-electron chi connectivity index (χ2n) is 4.78. The van der Waals surface area contributed by atoms with Crippen molar-refractivity contribution < 1.29 is 9.90 Å². The fourth-order valence-corrected chi connectivity index (χ4v) is 1.86. The molecule has 2 unspecified atom stereocenters. The number of hydrogen-bond acceptors (Lipinski definition) is 2. The van der Waals surface area contributed by atoms with E-state index in [0.29, 0.717) is 13.0 Å². The lowest BCUT2D eigenvalue weighted by atomic mass is 9.96. The molecule has 1 aromatic rings. The molecule has 0 spiro atoms. The second-order valence-corrected chi connectivity index (χ2v) is 4.78. The van der Waals surface area contributed by atoms with Gasteiger partial charge in [-0.2, -0.15) is 0 Å². The van der Waals surface area contributed by atoms with Gasteiger partial charge in [-0.25, -0.2) is 4.79 Å². The highest BCUT2D eigenvalue weighted by molar-refractivity contribution is 5.74. The number of amides is 2. The average Bonchev–Trinajstić information content (AvgIpc) is 2.44. The molecule has 0 bridgehead atoms. The lowest BCUT2D eigenvalue weighted by Crippen LogP contribution is -2.42. The SMILES string of the molecule is CCC(C)NC(=O)NCC(CCO)c1ccccc1. The zero-order chi connectivity index (χ0) is 14.1. The standard InChI is InChI=1S/C15H24N2O2/c1-3-12(2)17-15(19)16-11-14(9-10-18)13-7-5-4-6-8-13/h4-8,12,14,18H,3,9-11H2,1-2H3,(H2,16,17,19). The molecule has 0 saturated carbocycles. The predicted molar refractivity (Wildman–Crippen MR) is 77.2 cm³/mol. The molecule has 2 atom stereocenters. The molecule has 0 aliphatic rings. The Hall–Kier alpha value is -1.55. The number of benzene rings is 1. The Kier molecular flexibility index (Phi) is 6.97. The van der Waals surface area contributed by atoms with E-state index in [4.69, 9.17) is 5.11 Å². The number of rotatable bonds is 7. The number of nitrogens with one attached hydrogen (secondary N) is 2. The number of carbonyl (C=O) groups excluding carboxylic acids is 1. The molecule has 4 nitrogen and oxygen atoms in total. The summed E-state index contributed by atoms with van der Waals surface area (Å²) >= 11 is 0. The molecule has 0 aliphatic carbocycles. The highest BCUT2D eigenvalue weighted by Gasteiger charge is 2.12. The lowest BCUT2D eigenvalue weighted by molar-refractivity contribution is 0.234. The van der Waals surface area contributed by atoms with Gasteiger partial charge in [-0.05, 0) is 25.3 Å². The molecule has 0 heterocycles. The first-order chi connectivity index (χ1) is 9.17. The van der Waals surface area contributed by atoms with Crippen LogP contribution in [0.4, 0.5) is 4.79 Å². The Morgan fingerprint density at radius 2 is 2.00 bits per heavy atom. The number of urea groups is 1. The van der Waals surface area contributed by atoms with E-state index in [1.54, 1.807) is 0 Å². The van der Waals surface area contributed by atoms with E-state index in [9.17, 15) is 4.79 Å². The van der Waals surface area contributed by atoms with Gasteiger partial charge in [-0.3, -0.25) is 0 Å². The van der Waals surface area contributed by atoms with Gasteiger partial charge in [0.1, 0.15) is 0 Å². The number of aliphatic hydroxyl groups excluding tert-OH is 1. The summed E-state index contributed by atoms with van der Waals surface area (Å²) in [4.78, 5) is 11.7. The van der Waals surface area contributed by atoms with Gasteiger partial charge in [0, 0.05) is 25.1 Å². The van der Waals surface area contributed by atoms with E-state index in [0.717, 1.165) is 12.0 Å². The van der Waals surface area contributed by atoms with Crippen molar-refractivity contribution in [1.29, 1.82) is 0 Å². The minimum atomic E-state index is -0.145. The van der Waals surface area contributed by atoms with Crippen LogP contribution >= 0.6 is 0 Å². The van der Waals surface area contributed by atoms with Gasteiger partial charge in [0.2, 0.25) is 0 Å². The Labute approximate surface area is 115 Å². The second kappa shape index (κ2) is 8.53. The summed E-state index contributed by atoms with van der Waals surface area (Å²) < 4.78 is 0. The van der Waals surface area contributed by atoms with Crippen LogP contribution < -0.4 is 10.6 Å². The predicted octanol–water partition coefficient (Wildman–Crippen LogP) is 2.25. The zero-order valence-corrected chi connectivity index (χ0v) is 11.7. The van der Waals surface area contributed by atoms with Gasteiger partial charge in [0.05, 0.1) is 0 Å². The van der Waals surface area contributed by atoms with Crippen LogP contribution in [-0.4, -0.2) is 30.3 Å². The molecule has 0 fully saturated rings. The summed E-state index contributed by atoms with van der Waals surface area (Å²) in [6, 6.07) is 9.98. The molecule has 0 saturated heterocycles. The summed E-state index contributed by atoms with van der Waals surface area (Å²) in [5, 5.41) is 14.9. The molecule has 0 radical (unpaired) electrons. The summed E-state index contributed by atoms with van der Waals surface area (Å²) in [6.07, 6.45) is 1.56. The molecule has 0 aromatic heterocycles. The fourth-order valence-electron chi connectivity index (χ4n) is 1.86. The van der Waals surface area contributed by atoms with Crippen molar-refractivity contribution >= 4 is 6.03 Å². The van der Waals surface area contributed by atoms with E-state index in [1.165, 1.54) is 0 Å². The zero-order valence-electron chi connectivity index (χ0n) is 11.7. The smallest absolute Gasteiger partial charge is 0.315 e. The lowest BCUT2D eigenvalue weighted by Gasteiger charge is -2.18.